The van der Waals surface area contributed by atoms with E-state index in [0.29, 0.717) is 12.1 Å². The second kappa shape index (κ2) is 8.00. The van der Waals surface area contributed by atoms with Crippen molar-refractivity contribution in [3.63, 3.8) is 0 Å². The second-order valence-electron chi connectivity index (χ2n) is 5.35. The van der Waals surface area contributed by atoms with Crippen molar-refractivity contribution in [1.29, 1.82) is 0 Å². The van der Waals surface area contributed by atoms with Crippen LogP contribution in [0.25, 0.3) is 0 Å². The summed E-state index contributed by atoms with van der Waals surface area (Å²) in [6.45, 7) is 4.14. The Kier molecular flexibility index (Phi) is 6.02. The van der Waals surface area contributed by atoms with Crippen LogP contribution in [0, 0.1) is 0 Å². The molecule has 1 heterocycles. The monoisotopic (exact) mass is 292 g/mol. The Labute approximate surface area is 126 Å². The van der Waals surface area contributed by atoms with Gasteiger partial charge in [-0.1, -0.05) is 0 Å². The molecular formula is C16H24N2O3. The highest BCUT2D eigenvalue weighted by Crippen LogP contribution is 2.18. The summed E-state index contributed by atoms with van der Waals surface area (Å²) >= 11 is 0. The maximum absolute atomic E-state index is 12.0. The fraction of sp³-hybridized carbons (Fsp3) is 0.562. The number of rotatable bonds is 6. The number of ether oxygens (including phenoxy) is 2. The lowest BCUT2D eigenvalue weighted by Crippen LogP contribution is -2.37. The summed E-state index contributed by atoms with van der Waals surface area (Å²) in [7, 11) is 1.87. The first kappa shape index (κ1) is 15.8. The number of benzene rings is 1. The predicted molar refractivity (Wildman–Crippen MR) is 81.8 cm³/mol. The molecule has 1 aromatic rings. The Hall–Kier alpha value is -1.59. The normalized spacial score (nSPS) is 17.2. The van der Waals surface area contributed by atoms with Crippen LogP contribution >= 0.6 is 0 Å². The van der Waals surface area contributed by atoms with Gasteiger partial charge in [0.05, 0.1) is 13.2 Å². The Morgan fingerprint density at radius 2 is 2.00 bits per heavy atom. The smallest absolute Gasteiger partial charge is 0.251 e. The zero-order chi connectivity index (χ0) is 15.1. The molecule has 0 aliphatic carbocycles. The van der Waals surface area contributed by atoms with Gasteiger partial charge in [-0.3, -0.25) is 4.79 Å². The molecule has 0 spiro atoms. The minimum absolute atomic E-state index is 0.0604. The van der Waals surface area contributed by atoms with Gasteiger partial charge in [0.15, 0.2) is 0 Å². The predicted octanol–water partition coefficient (Wildman–Crippen LogP) is 1.58. The molecule has 2 N–H and O–H groups in total. The van der Waals surface area contributed by atoms with Crippen molar-refractivity contribution in [2.24, 2.45) is 0 Å². The molecule has 1 fully saturated rings. The summed E-state index contributed by atoms with van der Waals surface area (Å²) in [6.07, 6.45) is 2.06. The minimum Gasteiger partial charge on any atom is -0.490 e. The molecule has 0 aromatic heterocycles. The topological polar surface area (TPSA) is 59.6 Å². The highest BCUT2D eigenvalue weighted by atomic mass is 16.5. The number of hydrogen-bond donors (Lipinski definition) is 2. The van der Waals surface area contributed by atoms with E-state index in [4.69, 9.17) is 9.47 Å². The van der Waals surface area contributed by atoms with Gasteiger partial charge in [0, 0.05) is 31.0 Å². The van der Waals surface area contributed by atoms with Crippen LogP contribution in [0.5, 0.6) is 5.75 Å². The second-order valence-corrected chi connectivity index (χ2v) is 5.35. The molecule has 2 rings (SSSR count). The largest absolute Gasteiger partial charge is 0.490 e. The number of carbonyl (C=O) groups is 1. The van der Waals surface area contributed by atoms with Crippen molar-refractivity contribution in [2.45, 2.75) is 31.9 Å². The van der Waals surface area contributed by atoms with Crippen molar-refractivity contribution < 1.29 is 14.3 Å². The summed E-state index contributed by atoms with van der Waals surface area (Å²) in [5.41, 5.74) is 0.651. The lowest BCUT2D eigenvalue weighted by molar-refractivity contribution is 0.0256. The fourth-order valence-corrected chi connectivity index (χ4v) is 2.12. The van der Waals surface area contributed by atoms with Gasteiger partial charge in [0.2, 0.25) is 0 Å². The van der Waals surface area contributed by atoms with Crippen LogP contribution in [-0.2, 0) is 4.74 Å². The lowest BCUT2D eigenvalue weighted by Gasteiger charge is -2.23. The summed E-state index contributed by atoms with van der Waals surface area (Å²) < 4.78 is 11.2. The molecule has 1 aliphatic rings. The molecule has 0 bridgehead atoms. The van der Waals surface area contributed by atoms with E-state index >= 15 is 0 Å². The SMILES string of the molecule is CNC(C)CNC(=O)c1ccc(OC2CCOCC2)cc1. The van der Waals surface area contributed by atoms with Crippen LogP contribution in [0.1, 0.15) is 30.1 Å². The number of amides is 1. The summed E-state index contributed by atoms with van der Waals surface area (Å²) in [6, 6.07) is 7.56. The summed E-state index contributed by atoms with van der Waals surface area (Å²) in [5, 5.41) is 5.97. The van der Waals surface area contributed by atoms with Gasteiger partial charge < -0.3 is 20.1 Å². The molecule has 1 aromatic carbocycles. The van der Waals surface area contributed by atoms with Crippen molar-refractivity contribution in [2.75, 3.05) is 26.8 Å². The molecule has 1 unspecified atom stereocenters. The van der Waals surface area contributed by atoms with E-state index < -0.39 is 0 Å². The van der Waals surface area contributed by atoms with Gasteiger partial charge in [0.25, 0.3) is 5.91 Å². The molecule has 5 heteroatoms. The molecule has 0 saturated carbocycles. The van der Waals surface area contributed by atoms with Crippen LogP contribution in [0.15, 0.2) is 24.3 Å². The van der Waals surface area contributed by atoms with Crippen LogP contribution in [-0.4, -0.2) is 44.9 Å². The third-order valence-corrected chi connectivity index (χ3v) is 3.65. The molecule has 1 amide bonds. The van der Waals surface area contributed by atoms with Gasteiger partial charge in [-0.05, 0) is 38.2 Å². The maximum Gasteiger partial charge on any atom is 0.251 e. The van der Waals surface area contributed by atoms with Crippen molar-refractivity contribution >= 4 is 5.91 Å². The third-order valence-electron chi connectivity index (χ3n) is 3.65. The van der Waals surface area contributed by atoms with Crippen LogP contribution in [0.2, 0.25) is 0 Å². The average Bonchev–Trinajstić information content (AvgIpc) is 2.54. The lowest BCUT2D eigenvalue weighted by atomic mass is 10.1. The number of nitrogens with one attached hydrogen (secondary N) is 2. The fourth-order valence-electron chi connectivity index (χ4n) is 2.12. The average molecular weight is 292 g/mol. The number of carbonyl (C=O) groups excluding carboxylic acids is 1. The minimum atomic E-state index is -0.0604. The Bertz CT molecular complexity index is 441. The van der Waals surface area contributed by atoms with E-state index in [1.54, 1.807) is 12.1 Å². The molecule has 1 aliphatic heterocycles. The molecule has 1 atom stereocenters. The van der Waals surface area contributed by atoms with Crippen molar-refractivity contribution in [1.82, 2.24) is 10.6 Å². The van der Waals surface area contributed by atoms with Gasteiger partial charge in [-0.25, -0.2) is 0 Å². The van der Waals surface area contributed by atoms with Gasteiger partial charge in [-0.2, -0.15) is 0 Å². The standard InChI is InChI=1S/C16H24N2O3/c1-12(17-2)11-18-16(19)13-3-5-14(6-4-13)21-15-7-9-20-10-8-15/h3-6,12,15,17H,7-11H2,1-2H3,(H,18,19). The van der Waals surface area contributed by atoms with E-state index in [1.807, 2.05) is 26.1 Å². The van der Waals surface area contributed by atoms with Gasteiger partial charge in [-0.15, -0.1) is 0 Å². The van der Waals surface area contributed by atoms with E-state index in [9.17, 15) is 4.79 Å². The van der Waals surface area contributed by atoms with Crippen LogP contribution in [0.3, 0.4) is 0 Å². The van der Waals surface area contributed by atoms with Crippen molar-refractivity contribution in [3.8, 4) is 5.75 Å². The Morgan fingerprint density at radius 3 is 2.62 bits per heavy atom. The zero-order valence-corrected chi connectivity index (χ0v) is 12.7. The van der Waals surface area contributed by atoms with Crippen molar-refractivity contribution in [3.05, 3.63) is 29.8 Å². The van der Waals surface area contributed by atoms with E-state index in [1.165, 1.54) is 0 Å². The molecule has 0 radical (unpaired) electrons. The van der Waals surface area contributed by atoms with Gasteiger partial charge >= 0.3 is 0 Å². The highest BCUT2D eigenvalue weighted by molar-refractivity contribution is 5.94. The zero-order valence-electron chi connectivity index (χ0n) is 12.7. The van der Waals surface area contributed by atoms with E-state index in [-0.39, 0.29) is 18.1 Å². The van der Waals surface area contributed by atoms with E-state index in [0.717, 1.165) is 31.8 Å². The maximum atomic E-state index is 12.0. The quantitative estimate of drug-likeness (QED) is 0.836. The number of hydrogen-bond acceptors (Lipinski definition) is 4. The molecule has 1 saturated heterocycles. The third kappa shape index (κ3) is 5.02. The Morgan fingerprint density at radius 1 is 1.33 bits per heavy atom. The first-order valence-corrected chi connectivity index (χ1v) is 7.49. The summed E-state index contributed by atoms with van der Waals surface area (Å²) in [5.74, 6) is 0.747. The molecule has 5 nitrogen and oxygen atoms in total. The van der Waals surface area contributed by atoms with Gasteiger partial charge in [0.1, 0.15) is 11.9 Å². The highest BCUT2D eigenvalue weighted by Gasteiger charge is 2.15. The first-order chi connectivity index (χ1) is 10.2. The Balaban J connectivity index is 1.84. The molecule has 116 valence electrons. The van der Waals surface area contributed by atoms with E-state index in [2.05, 4.69) is 10.6 Å². The molecular weight excluding hydrogens is 268 g/mol. The first-order valence-electron chi connectivity index (χ1n) is 7.49. The number of likely N-dealkylation sites (N-methyl/N-ethyl adjacent to an activating group) is 1. The summed E-state index contributed by atoms with van der Waals surface area (Å²) in [4.78, 5) is 12.0. The molecule has 21 heavy (non-hydrogen) atoms. The van der Waals surface area contributed by atoms with Crippen LogP contribution < -0.4 is 15.4 Å². The van der Waals surface area contributed by atoms with Crippen LogP contribution in [0.4, 0.5) is 0 Å².